The van der Waals surface area contributed by atoms with Crippen molar-refractivity contribution in [3.05, 3.63) is 0 Å². The molecular weight excluding hydrogens is 600 g/mol. The lowest BCUT2D eigenvalue weighted by molar-refractivity contribution is -0.281. The fourth-order valence-corrected chi connectivity index (χ4v) is 12.5. The fourth-order valence-electron chi connectivity index (χ4n) is 12.5. The van der Waals surface area contributed by atoms with Crippen molar-refractivity contribution in [1.82, 2.24) is 0 Å². The van der Waals surface area contributed by atoms with Crippen LogP contribution < -0.4 is 0 Å². The standard InChI is InChI=1S/C38H60O9/c1-21(39)43-26-19-28-35(9,17-14-27-33(5,6)30(44-22(2)40)20-31(38(27,28)12)45-23(3)41)36(10)16-13-25(32(26)36)37(11)18-15-29(47-37)34(7,8)46-24(4)42/h25-32H,13-20H2,1-12H3. The van der Waals surface area contributed by atoms with Crippen LogP contribution in [0.4, 0.5) is 0 Å². The molecule has 0 spiro atoms. The normalized spacial score (nSPS) is 45.5. The number of hydrogen-bond acceptors (Lipinski definition) is 9. The molecule has 0 aromatic rings. The molecule has 1 heterocycles. The summed E-state index contributed by atoms with van der Waals surface area (Å²) in [5, 5.41) is 0. The maximum atomic E-state index is 12.8. The van der Waals surface area contributed by atoms with Crippen molar-refractivity contribution >= 4 is 23.9 Å². The van der Waals surface area contributed by atoms with Crippen LogP contribution in [0.15, 0.2) is 0 Å². The third-order valence-electron chi connectivity index (χ3n) is 14.6. The van der Waals surface area contributed by atoms with Crippen molar-refractivity contribution in [3.8, 4) is 0 Å². The zero-order valence-electron chi connectivity index (χ0n) is 30.9. The van der Waals surface area contributed by atoms with E-state index in [-0.39, 0.29) is 82.1 Å². The summed E-state index contributed by atoms with van der Waals surface area (Å²) >= 11 is 0. The molecule has 5 rings (SSSR count). The second-order valence-corrected chi connectivity index (χ2v) is 17.8. The number of carbonyl (C=O) groups is 4. The molecule has 0 amide bonds. The summed E-state index contributed by atoms with van der Waals surface area (Å²) in [6, 6.07) is 0. The van der Waals surface area contributed by atoms with Crippen molar-refractivity contribution in [2.24, 2.45) is 45.3 Å². The van der Waals surface area contributed by atoms with Gasteiger partial charge < -0.3 is 23.7 Å². The Morgan fingerprint density at radius 2 is 1.23 bits per heavy atom. The molecule has 12 unspecified atom stereocenters. The van der Waals surface area contributed by atoms with Crippen molar-refractivity contribution in [2.75, 3.05) is 0 Å². The zero-order chi connectivity index (χ0) is 35.1. The topological polar surface area (TPSA) is 114 Å². The van der Waals surface area contributed by atoms with Crippen LogP contribution in [0.2, 0.25) is 0 Å². The van der Waals surface area contributed by atoms with Crippen LogP contribution in [0, 0.1) is 45.3 Å². The van der Waals surface area contributed by atoms with Gasteiger partial charge in [0, 0.05) is 50.9 Å². The van der Waals surface area contributed by atoms with Crippen molar-refractivity contribution < 1.29 is 42.9 Å². The lowest BCUT2D eigenvalue weighted by Crippen LogP contribution is -2.70. The Morgan fingerprint density at radius 3 is 1.81 bits per heavy atom. The monoisotopic (exact) mass is 660 g/mol. The van der Waals surface area contributed by atoms with Gasteiger partial charge in [0.15, 0.2) is 0 Å². The fraction of sp³-hybridized carbons (Fsp3) is 0.895. The van der Waals surface area contributed by atoms with Gasteiger partial charge in [-0.15, -0.1) is 0 Å². The highest BCUT2D eigenvalue weighted by Gasteiger charge is 2.75. The number of ether oxygens (including phenoxy) is 5. The summed E-state index contributed by atoms with van der Waals surface area (Å²) in [6.07, 6.45) is 5.20. The summed E-state index contributed by atoms with van der Waals surface area (Å²) in [5.74, 6) is -0.828. The average molecular weight is 661 g/mol. The van der Waals surface area contributed by atoms with Gasteiger partial charge in [-0.05, 0) is 94.3 Å². The molecule has 4 aliphatic carbocycles. The maximum absolute atomic E-state index is 12.8. The summed E-state index contributed by atoms with van der Waals surface area (Å²) in [6.45, 7) is 23.4. The Morgan fingerprint density at radius 1 is 0.660 bits per heavy atom. The Hall–Kier alpha value is -2.16. The molecule has 0 radical (unpaired) electrons. The molecule has 9 nitrogen and oxygen atoms in total. The molecule has 0 N–H and O–H groups in total. The first-order valence-electron chi connectivity index (χ1n) is 17.9. The van der Waals surface area contributed by atoms with E-state index in [1.54, 1.807) is 0 Å². The van der Waals surface area contributed by atoms with E-state index in [1.165, 1.54) is 27.7 Å². The molecule has 1 saturated heterocycles. The second kappa shape index (κ2) is 11.7. The smallest absolute Gasteiger partial charge is 0.303 e. The molecule has 0 bridgehead atoms. The summed E-state index contributed by atoms with van der Waals surface area (Å²) in [4.78, 5) is 49.6. The Kier molecular flexibility index (Phi) is 9.01. The molecule has 266 valence electrons. The number of fused-ring (bicyclic) bond motifs is 5. The molecule has 9 heteroatoms. The van der Waals surface area contributed by atoms with Gasteiger partial charge in [0.1, 0.15) is 23.9 Å². The van der Waals surface area contributed by atoms with Gasteiger partial charge >= 0.3 is 23.9 Å². The first-order valence-corrected chi connectivity index (χ1v) is 17.9. The first-order chi connectivity index (χ1) is 21.5. The van der Waals surface area contributed by atoms with Crippen LogP contribution in [0.3, 0.4) is 0 Å². The van der Waals surface area contributed by atoms with Gasteiger partial charge in [0.2, 0.25) is 0 Å². The lowest BCUT2D eigenvalue weighted by atomic mass is 9.34. The molecule has 4 saturated carbocycles. The average Bonchev–Trinajstić information content (AvgIpc) is 3.50. The van der Waals surface area contributed by atoms with E-state index < -0.39 is 22.7 Å². The van der Waals surface area contributed by atoms with Crippen molar-refractivity contribution in [2.45, 2.75) is 170 Å². The maximum Gasteiger partial charge on any atom is 0.303 e. The Balaban J connectivity index is 1.56. The van der Waals surface area contributed by atoms with E-state index in [4.69, 9.17) is 23.7 Å². The predicted octanol–water partition coefficient (Wildman–Crippen LogP) is 6.97. The van der Waals surface area contributed by atoms with Crippen LogP contribution in [0.1, 0.15) is 134 Å². The highest BCUT2D eigenvalue weighted by molar-refractivity contribution is 5.67. The molecule has 12 atom stereocenters. The van der Waals surface area contributed by atoms with Crippen LogP contribution in [-0.2, 0) is 42.9 Å². The predicted molar refractivity (Wildman–Crippen MR) is 175 cm³/mol. The SMILES string of the molecule is CC(=O)OC1CC2C3(C)C(OC(C)=O)CC(OC(C)=O)C(C)(C)C3CCC2(C)C2(C)CCC(C3(C)CCC(C(C)(C)OC(C)=O)O3)C12. The molecule has 5 aliphatic rings. The highest BCUT2D eigenvalue weighted by atomic mass is 16.6. The molecule has 0 aromatic heterocycles. The van der Waals surface area contributed by atoms with Gasteiger partial charge in [-0.25, -0.2) is 0 Å². The molecule has 47 heavy (non-hydrogen) atoms. The van der Waals surface area contributed by atoms with E-state index in [0.29, 0.717) is 12.8 Å². The van der Waals surface area contributed by atoms with Gasteiger partial charge in [0.05, 0.1) is 11.7 Å². The number of carbonyl (C=O) groups excluding carboxylic acids is 4. The van der Waals surface area contributed by atoms with Crippen LogP contribution >= 0.6 is 0 Å². The second-order valence-electron chi connectivity index (χ2n) is 17.8. The minimum Gasteiger partial charge on any atom is -0.462 e. The summed E-state index contributed by atoms with van der Waals surface area (Å²) in [7, 11) is 0. The van der Waals surface area contributed by atoms with Gasteiger partial charge in [-0.2, -0.15) is 0 Å². The number of esters is 4. The van der Waals surface area contributed by atoms with E-state index in [2.05, 4.69) is 41.5 Å². The summed E-state index contributed by atoms with van der Waals surface area (Å²) in [5.41, 5.74) is -2.31. The van der Waals surface area contributed by atoms with Crippen LogP contribution in [0.25, 0.3) is 0 Å². The summed E-state index contributed by atoms with van der Waals surface area (Å²) < 4.78 is 31.2. The molecule has 0 aromatic carbocycles. The quantitative estimate of drug-likeness (QED) is 0.220. The lowest BCUT2D eigenvalue weighted by Gasteiger charge is -2.71. The van der Waals surface area contributed by atoms with Crippen molar-refractivity contribution in [3.63, 3.8) is 0 Å². The van der Waals surface area contributed by atoms with Gasteiger partial charge in [-0.3, -0.25) is 19.2 Å². The third-order valence-corrected chi connectivity index (χ3v) is 14.6. The van der Waals surface area contributed by atoms with E-state index in [9.17, 15) is 19.2 Å². The molecular formula is C38H60O9. The highest BCUT2D eigenvalue weighted by Crippen LogP contribution is 2.76. The van der Waals surface area contributed by atoms with Gasteiger partial charge in [-0.1, -0.05) is 34.6 Å². The van der Waals surface area contributed by atoms with Crippen LogP contribution in [0.5, 0.6) is 0 Å². The van der Waals surface area contributed by atoms with Crippen LogP contribution in [-0.4, -0.2) is 59.5 Å². The molecule has 5 fully saturated rings. The Labute approximate surface area is 281 Å². The zero-order valence-corrected chi connectivity index (χ0v) is 30.9. The third kappa shape index (κ3) is 5.62. The minimum atomic E-state index is -0.749. The first kappa shape index (κ1) is 36.1. The Bertz CT molecular complexity index is 1290. The number of hydrogen-bond donors (Lipinski definition) is 0. The van der Waals surface area contributed by atoms with E-state index in [1.807, 2.05) is 13.8 Å². The minimum absolute atomic E-state index is 0.0750. The molecule has 1 aliphatic heterocycles. The number of rotatable bonds is 6. The van der Waals surface area contributed by atoms with E-state index >= 15 is 0 Å². The van der Waals surface area contributed by atoms with Crippen molar-refractivity contribution in [1.29, 1.82) is 0 Å². The largest absolute Gasteiger partial charge is 0.462 e. The van der Waals surface area contributed by atoms with Gasteiger partial charge in [0.25, 0.3) is 0 Å². The van der Waals surface area contributed by atoms with E-state index in [0.717, 1.165) is 38.5 Å².